The van der Waals surface area contributed by atoms with E-state index < -0.39 is 0 Å². The molecule has 3 aromatic carbocycles. The van der Waals surface area contributed by atoms with Crippen LogP contribution in [-0.4, -0.2) is 41.2 Å². The summed E-state index contributed by atoms with van der Waals surface area (Å²) in [6.45, 7) is 2.69. The highest BCUT2D eigenvalue weighted by Gasteiger charge is 2.11. The summed E-state index contributed by atoms with van der Waals surface area (Å²) in [6.07, 6.45) is 0. The largest absolute Gasteiger partial charge is 0.492 e. The molecule has 0 radical (unpaired) electrons. The molecule has 0 unspecified atom stereocenters. The molecule has 6 nitrogen and oxygen atoms in total. The molecule has 0 saturated heterocycles. The van der Waals surface area contributed by atoms with Gasteiger partial charge in [0, 0.05) is 25.1 Å². The van der Waals surface area contributed by atoms with Crippen LogP contribution in [0.15, 0.2) is 71.1 Å². The van der Waals surface area contributed by atoms with Crippen LogP contribution < -0.4 is 4.74 Å². The Hall–Kier alpha value is -3.67. The Bertz CT molecular complexity index is 1140. The molecule has 29 heavy (non-hydrogen) atoms. The molecule has 0 aliphatic heterocycles. The predicted octanol–water partition coefficient (Wildman–Crippen LogP) is 4.35. The van der Waals surface area contributed by atoms with Crippen LogP contribution in [0, 0.1) is 6.92 Å². The van der Waals surface area contributed by atoms with Gasteiger partial charge in [0.05, 0.1) is 6.54 Å². The molecule has 0 aliphatic rings. The van der Waals surface area contributed by atoms with Gasteiger partial charge in [0.2, 0.25) is 11.8 Å². The lowest BCUT2D eigenvalue weighted by molar-refractivity contribution is 0.0774. The van der Waals surface area contributed by atoms with Crippen molar-refractivity contribution in [1.29, 1.82) is 0 Å². The first-order valence-electron chi connectivity index (χ1n) is 9.38. The standard InChI is InChI=1S/C23H21N3O3/c1-16-24-25-22(29-16)20-9-8-19-15-21(11-10-18(19)14-20)28-13-12-26(2)23(27)17-6-4-3-5-7-17/h3-11,14-15H,12-13H2,1-2H3. The molecule has 0 saturated carbocycles. The Labute approximate surface area is 168 Å². The zero-order valence-electron chi connectivity index (χ0n) is 16.3. The normalized spacial score (nSPS) is 10.8. The number of rotatable bonds is 6. The fraction of sp³-hybridized carbons (Fsp3) is 0.174. The van der Waals surface area contributed by atoms with Gasteiger partial charge in [-0.05, 0) is 47.2 Å². The zero-order valence-corrected chi connectivity index (χ0v) is 16.3. The van der Waals surface area contributed by atoms with E-state index in [-0.39, 0.29) is 5.91 Å². The molecule has 0 spiro atoms. The maximum Gasteiger partial charge on any atom is 0.253 e. The molecule has 0 bridgehead atoms. The van der Waals surface area contributed by atoms with Crippen molar-refractivity contribution in [3.05, 3.63) is 78.2 Å². The van der Waals surface area contributed by atoms with Crippen molar-refractivity contribution in [2.24, 2.45) is 0 Å². The van der Waals surface area contributed by atoms with Crippen molar-refractivity contribution in [2.45, 2.75) is 6.92 Å². The number of hydrogen-bond donors (Lipinski definition) is 0. The molecule has 4 rings (SSSR count). The highest BCUT2D eigenvalue weighted by atomic mass is 16.5. The number of ether oxygens (including phenoxy) is 1. The van der Waals surface area contributed by atoms with Gasteiger partial charge >= 0.3 is 0 Å². The highest BCUT2D eigenvalue weighted by molar-refractivity contribution is 5.94. The third-order valence-corrected chi connectivity index (χ3v) is 4.65. The second-order valence-electron chi connectivity index (χ2n) is 6.79. The molecular formula is C23H21N3O3. The minimum absolute atomic E-state index is 0.0171. The molecule has 6 heteroatoms. The maximum absolute atomic E-state index is 12.4. The van der Waals surface area contributed by atoms with Crippen LogP contribution in [0.1, 0.15) is 16.2 Å². The van der Waals surface area contributed by atoms with Gasteiger partial charge in [-0.3, -0.25) is 4.79 Å². The van der Waals surface area contributed by atoms with Crippen LogP contribution in [0.4, 0.5) is 0 Å². The first-order chi connectivity index (χ1) is 14.1. The Balaban J connectivity index is 1.39. The van der Waals surface area contributed by atoms with E-state index in [2.05, 4.69) is 10.2 Å². The summed E-state index contributed by atoms with van der Waals surface area (Å²) in [7, 11) is 1.78. The van der Waals surface area contributed by atoms with E-state index in [1.807, 2.05) is 66.7 Å². The second kappa shape index (κ2) is 8.14. The summed E-state index contributed by atoms with van der Waals surface area (Å²) in [5, 5.41) is 10.0. The summed E-state index contributed by atoms with van der Waals surface area (Å²) in [5.41, 5.74) is 1.56. The average molecular weight is 387 g/mol. The number of benzene rings is 3. The molecule has 1 amide bonds. The summed E-state index contributed by atoms with van der Waals surface area (Å²) in [4.78, 5) is 14.0. The van der Waals surface area contributed by atoms with Gasteiger partial charge in [0.1, 0.15) is 12.4 Å². The van der Waals surface area contributed by atoms with Gasteiger partial charge in [-0.1, -0.05) is 30.3 Å². The molecule has 1 aromatic heterocycles. The second-order valence-corrected chi connectivity index (χ2v) is 6.79. The Morgan fingerprint density at radius 3 is 2.52 bits per heavy atom. The number of nitrogens with zero attached hydrogens (tertiary/aromatic N) is 3. The molecule has 4 aromatic rings. The van der Waals surface area contributed by atoms with Crippen molar-refractivity contribution in [1.82, 2.24) is 15.1 Å². The van der Waals surface area contributed by atoms with Crippen LogP contribution in [-0.2, 0) is 0 Å². The zero-order chi connectivity index (χ0) is 20.2. The van der Waals surface area contributed by atoms with Gasteiger partial charge in [-0.15, -0.1) is 10.2 Å². The van der Waals surface area contributed by atoms with Crippen LogP contribution in [0.2, 0.25) is 0 Å². The van der Waals surface area contributed by atoms with E-state index in [1.165, 1.54) is 0 Å². The molecule has 0 aliphatic carbocycles. The predicted molar refractivity (Wildman–Crippen MR) is 111 cm³/mol. The fourth-order valence-corrected chi connectivity index (χ4v) is 3.06. The topological polar surface area (TPSA) is 68.5 Å². The van der Waals surface area contributed by atoms with Crippen molar-refractivity contribution >= 4 is 16.7 Å². The molecule has 0 atom stereocenters. The maximum atomic E-state index is 12.4. The quantitative estimate of drug-likeness (QED) is 0.492. The molecule has 0 fully saturated rings. The number of aryl methyl sites for hydroxylation is 1. The minimum Gasteiger partial charge on any atom is -0.492 e. The molecular weight excluding hydrogens is 366 g/mol. The number of carbonyl (C=O) groups excluding carboxylic acids is 1. The van der Waals surface area contributed by atoms with E-state index in [1.54, 1.807) is 18.9 Å². The summed E-state index contributed by atoms with van der Waals surface area (Å²) >= 11 is 0. The molecule has 146 valence electrons. The third kappa shape index (κ3) is 4.27. The van der Waals surface area contributed by atoms with Gasteiger partial charge in [0.15, 0.2) is 0 Å². The Kier molecular flexibility index (Phi) is 5.24. The van der Waals surface area contributed by atoms with E-state index in [0.29, 0.717) is 30.5 Å². The van der Waals surface area contributed by atoms with E-state index >= 15 is 0 Å². The lowest BCUT2D eigenvalue weighted by Gasteiger charge is -2.17. The molecule has 1 heterocycles. The molecule has 0 N–H and O–H groups in total. The Morgan fingerprint density at radius 2 is 1.76 bits per heavy atom. The van der Waals surface area contributed by atoms with Crippen molar-refractivity contribution in [3.8, 4) is 17.2 Å². The number of amides is 1. The summed E-state index contributed by atoms with van der Waals surface area (Å²) in [5.74, 6) is 1.80. The van der Waals surface area contributed by atoms with Gasteiger partial charge < -0.3 is 14.1 Å². The minimum atomic E-state index is -0.0171. The van der Waals surface area contributed by atoms with Crippen molar-refractivity contribution in [3.63, 3.8) is 0 Å². The lowest BCUT2D eigenvalue weighted by atomic mass is 10.1. The van der Waals surface area contributed by atoms with Gasteiger partial charge in [-0.2, -0.15) is 0 Å². The van der Waals surface area contributed by atoms with Crippen LogP contribution in [0.25, 0.3) is 22.2 Å². The third-order valence-electron chi connectivity index (χ3n) is 4.65. The number of aromatic nitrogens is 2. The first kappa shape index (κ1) is 18.7. The van der Waals surface area contributed by atoms with Crippen molar-refractivity contribution < 1.29 is 13.9 Å². The smallest absolute Gasteiger partial charge is 0.253 e. The summed E-state index contributed by atoms with van der Waals surface area (Å²) in [6, 6.07) is 21.1. The monoisotopic (exact) mass is 387 g/mol. The van der Waals surface area contributed by atoms with Crippen LogP contribution in [0.5, 0.6) is 5.75 Å². The van der Waals surface area contributed by atoms with E-state index in [4.69, 9.17) is 9.15 Å². The fourth-order valence-electron chi connectivity index (χ4n) is 3.06. The van der Waals surface area contributed by atoms with Crippen molar-refractivity contribution in [2.75, 3.05) is 20.2 Å². The lowest BCUT2D eigenvalue weighted by Crippen LogP contribution is -2.30. The van der Waals surface area contributed by atoms with Gasteiger partial charge in [-0.25, -0.2) is 0 Å². The SMILES string of the molecule is Cc1nnc(-c2ccc3cc(OCCN(C)C(=O)c4ccccc4)ccc3c2)o1. The highest BCUT2D eigenvalue weighted by Crippen LogP contribution is 2.26. The first-order valence-corrected chi connectivity index (χ1v) is 9.38. The summed E-state index contributed by atoms with van der Waals surface area (Å²) < 4.78 is 11.3. The number of fused-ring (bicyclic) bond motifs is 1. The number of carbonyl (C=O) groups is 1. The Morgan fingerprint density at radius 1 is 1.00 bits per heavy atom. The van der Waals surface area contributed by atoms with E-state index in [9.17, 15) is 4.79 Å². The van der Waals surface area contributed by atoms with Crippen LogP contribution in [0.3, 0.4) is 0 Å². The number of likely N-dealkylation sites (N-methyl/N-ethyl adjacent to an activating group) is 1. The van der Waals surface area contributed by atoms with Gasteiger partial charge in [0.25, 0.3) is 5.91 Å². The number of hydrogen-bond acceptors (Lipinski definition) is 5. The average Bonchev–Trinajstić information content (AvgIpc) is 3.19. The van der Waals surface area contributed by atoms with E-state index in [0.717, 1.165) is 22.1 Å². The van der Waals surface area contributed by atoms with Crippen LogP contribution >= 0.6 is 0 Å².